The van der Waals surface area contributed by atoms with Crippen molar-refractivity contribution in [3.63, 3.8) is 0 Å². The molecule has 0 aromatic heterocycles. The summed E-state index contributed by atoms with van der Waals surface area (Å²) >= 11 is 0. The van der Waals surface area contributed by atoms with Crippen LogP contribution in [0.2, 0.25) is 0 Å². The predicted octanol–water partition coefficient (Wildman–Crippen LogP) is 2.78. The van der Waals surface area contributed by atoms with Crippen molar-refractivity contribution in [2.45, 2.75) is 57.2 Å². The Morgan fingerprint density at radius 2 is 2.04 bits per heavy atom. The highest BCUT2D eigenvalue weighted by atomic mass is 16.5. The van der Waals surface area contributed by atoms with Crippen LogP contribution in [0.5, 0.6) is 11.5 Å². The molecule has 2 bridgehead atoms. The van der Waals surface area contributed by atoms with E-state index in [4.69, 9.17) is 9.47 Å². The third kappa shape index (κ3) is 2.51. The number of nitrogens with zero attached hydrogens (tertiary/aromatic N) is 2. The summed E-state index contributed by atoms with van der Waals surface area (Å²) < 4.78 is 11.2. The number of fused-ring (bicyclic) bond motifs is 6. The Labute approximate surface area is 149 Å². The second-order valence-corrected chi connectivity index (χ2v) is 7.38. The predicted molar refractivity (Wildman–Crippen MR) is 96.1 cm³/mol. The van der Waals surface area contributed by atoms with Gasteiger partial charge in [-0.1, -0.05) is 6.92 Å². The molecule has 0 spiro atoms. The van der Waals surface area contributed by atoms with Gasteiger partial charge in [0.1, 0.15) is 11.5 Å². The molecule has 4 rings (SSSR count). The topological polar surface area (TPSA) is 42.0 Å². The van der Waals surface area contributed by atoms with Gasteiger partial charge >= 0.3 is 0 Å². The van der Waals surface area contributed by atoms with Crippen molar-refractivity contribution < 1.29 is 14.3 Å². The minimum absolute atomic E-state index is 0.0840. The number of benzene rings is 1. The molecular weight excluding hydrogens is 316 g/mol. The molecule has 3 heterocycles. The fraction of sp³-hybridized carbons (Fsp3) is 0.650. The van der Waals surface area contributed by atoms with E-state index in [1.165, 1.54) is 11.1 Å². The van der Waals surface area contributed by atoms with Crippen molar-refractivity contribution in [2.75, 3.05) is 27.3 Å². The van der Waals surface area contributed by atoms with Crippen molar-refractivity contribution in [1.29, 1.82) is 0 Å². The molecular formula is C20H28N2O3. The minimum Gasteiger partial charge on any atom is -0.497 e. The number of carbonyl (C=O) groups is 1. The quantitative estimate of drug-likeness (QED) is 0.842. The molecule has 0 aliphatic carbocycles. The molecule has 2 fully saturated rings. The molecule has 5 heteroatoms. The van der Waals surface area contributed by atoms with Gasteiger partial charge in [0.25, 0.3) is 0 Å². The number of rotatable bonds is 4. The van der Waals surface area contributed by atoms with E-state index < -0.39 is 0 Å². The van der Waals surface area contributed by atoms with Crippen LogP contribution in [0, 0.1) is 0 Å². The van der Waals surface area contributed by atoms with Crippen molar-refractivity contribution in [2.24, 2.45) is 0 Å². The van der Waals surface area contributed by atoms with Gasteiger partial charge in [-0.15, -0.1) is 0 Å². The van der Waals surface area contributed by atoms with E-state index in [2.05, 4.69) is 22.8 Å². The van der Waals surface area contributed by atoms with Crippen molar-refractivity contribution in [3.05, 3.63) is 23.3 Å². The molecule has 3 aliphatic rings. The summed E-state index contributed by atoms with van der Waals surface area (Å²) in [4.78, 5) is 17.8. The number of hydrogen-bond donors (Lipinski definition) is 0. The van der Waals surface area contributed by atoms with Gasteiger partial charge in [-0.05, 0) is 50.3 Å². The Balaban J connectivity index is 1.83. The van der Waals surface area contributed by atoms with E-state index in [9.17, 15) is 4.79 Å². The van der Waals surface area contributed by atoms with Crippen LogP contribution in [0.15, 0.2) is 12.1 Å². The van der Waals surface area contributed by atoms with Crippen LogP contribution < -0.4 is 9.47 Å². The fourth-order valence-electron chi connectivity index (χ4n) is 5.13. The molecule has 0 saturated carbocycles. The lowest BCUT2D eigenvalue weighted by Gasteiger charge is -2.56. The maximum atomic E-state index is 13.2. The van der Waals surface area contributed by atoms with Gasteiger partial charge in [-0.2, -0.15) is 0 Å². The van der Waals surface area contributed by atoms with Crippen molar-refractivity contribution in [1.82, 2.24) is 9.80 Å². The third-order valence-corrected chi connectivity index (χ3v) is 6.13. The van der Waals surface area contributed by atoms with Gasteiger partial charge in [0, 0.05) is 24.2 Å². The zero-order valence-electron chi connectivity index (χ0n) is 15.5. The second-order valence-electron chi connectivity index (χ2n) is 7.38. The number of methoxy groups -OCH3 is 2. The number of amides is 1. The zero-order valence-corrected chi connectivity index (χ0v) is 15.5. The van der Waals surface area contributed by atoms with Gasteiger partial charge in [0.15, 0.2) is 0 Å². The summed E-state index contributed by atoms with van der Waals surface area (Å²) in [7, 11) is 3.40. The number of piperidine rings is 1. The second kappa shape index (κ2) is 6.52. The number of piperazine rings is 1. The van der Waals surface area contributed by atoms with E-state index in [1.807, 2.05) is 6.07 Å². The fourth-order valence-corrected chi connectivity index (χ4v) is 5.13. The Morgan fingerprint density at radius 1 is 1.20 bits per heavy atom. The summed E-state index contributed by atoms with van der Waals surface area (Å²) in [6, 6.07) is 4.68. The largest absolute Gasteiger partial charge is 0.497 e. The SMILES string of the molecule is CCCN1C2CCCC1C1c3c(cc(OC)cc3OC)CCN1C2=O. The molecule has 3 unspecified atom stereocenters. The molecule has 3 atom stereocenters. The average molecular weight is 344 g/mol. The van der Waals surface area contributed by atoms with Crippen LogP contribution >= 0.6 is 0 Å². The first-order valence-corrected chi connectivity index (χ1v) is 9.50. The lowest BCUT2D eigenvalue weighted by molar-refractivity contribution is -0.156. The van der Waals surface area contributed by atoms with Crippen LogP contribution in [0.4, 0.5) is 0 Å². The highest BCUT2D eigenvalue weighted by molar-refractivity contribution is 5.84. The van der Waals surface area contributed by atoms with E-state index in [1.54, 1.807) is 14.2 Å². The van der Waals surface area contributed by atoms with Crippen molar-refractivity contribution >= 4 is 5.91 Å². The maximum Gasteiger partial charge on any atom is 0.240 e. The maximum absolute atomic E-state index is 13.2. The number of carbonyl (C=O) groups excluding carboxylic acids is 1. The van der Waals surface area contributed by atoms with E-state index in [-0.39, 0.29) is 12.1 Å². The molecule has 1 aromatic carbocycles. The monoisotopic (exact) mass is 344 g/mol. The van der Waals surface area contributed by atoms with Gasteiger partial charge < -0.3 is 14.4 Å². The lowest BCUT2D eigenvalue weighted by atomic mass is 9.78. The van der Waals surface area contributed by atoms with E-state index >= 15 is 0 Å². The lowest BCUT2D eigenvalue weighted by Crippen LogP contribution is -2.66. The normalized spacial score (nSPS) is 28.4. The summed E-state index contributed by atoms with van der Waals surface area (Å²) in [5, 5.41) is 0. The summed E-state index contributed by atoms with van der Waals surface area (Å²) in [6.45, 7) is 4.01. The molecule has 3 aliphatic heterocycles. The molecule has 0 N–H and O–H groups in total. The Bertz CT molecular complexity index is 658. The third-order valence-electron chi connectivity index (χ3n) is 6.13. The molecule has 0 radical (unpaired) electrons. The first-order chi connectivity index (χ1) is 12.2. The summed E-state index contributed by atoms with van der Waals surface area (Å²) in [5.41, 5.74) is 2.47. The van der Waals surface area contributed by atoms with Gasteiger partial charge in [0.05, 0.1) is 26.3 Å². The minimum atomic E-state index is 0.0840. The standard InChI is InChI=1S/C20H28N2O3/c1-4-9-21-15-6-5-7-16(21)20(23)22-10-8-13-11-14(24-2)12-17(25-3)18(13)19(15)22/h11-12,15-16,19H,4-10H2,1-3H3. The molecule has 2 saturated heterocycles. The first-order valence-electron chi connectivity index (χ1n) is 9.50. The molecule has 136 valence electrons. The summed E-state index contributed by atoms with van der Waals surface area (Å²) in [6.07, 6.45) is 5.25. The Kier molecular flexibility index (Phi) is 4.36. The van der Waals surface area contributed by atoms with Crippen LogP contribution in [-0.2, 0) is 11.2 Å². The van der Waals surface area contributed by atoms with Crippen LogP contribution in [0.3, 0.4) is 0 Å². The van der Waals surface area contributed by atoms with Crippen molar-refractivity contribution in [3.8, 4) is 11.5 Å². The number of ether oxygens (including phenoxy) is 2. The Morgan fingerprint density at radius 3 is 2.76 bits per heavy atom. The van der Waals surface area contributed by atoms with E-state index in [0.29, 0.717) is 11.9 Å². The van der Waals surface area contributed by atoms with Crippen LogP contribution in [0.25, 0.3) is 0 Å². The van der Waals surface area contributed by atoms with Crippen LogP contribution in [-0.4, -0.2) is 55.1 Å². The number of hydrogen-bond acceptors (Lipinski definition) is 4. The highest BCUT2D eigenvalue weighted by Crippen LogP contribution is 2.48. The highest BCUT2D eigenvalue weighted by Gasteiger charge is 2.51. The molecule has 25 heavy (non-hydrogen) atoms. The first kappa shape index (κ1) is 16.7. The smallest absolute Gasteiger partial charge is 0.240 e. The Hall–Kier alpha value is -1.75. The van der Waals surface area contributed by atoms with E-state index in [0.717, 1.165) is 56.7 Å². The zero-order chi connectivity index (χ0) is 17.6. The van der Waals surface area contributed by atoms with Crippen LogP contribution in [0.1, 0.15) is 49.8 Å². The van der Waals surface area contributed by atoms with Gasteiger partial charge in [-0.25, -0.2) is 0 Å². The molecule has 1 aromatic rings. The summed E-state index contributed by atoms with van der Waals surface area (Å²) in [5.74, 6) is 2.01. The van der Waals surface area contributed by atoms with Gasteiger partial charge in [0.2, 0.25) is 5.91 Å². The molecule has 5 nitrogen and oxygen atoms in total. The van der Waals surface area contributed by atoms with Gasteiger partial charge in [-0.3, -0.25) is 9.69 Å². The average Bonchev–Trinajstić information content (AvgIpc) is 2.64. The molecule has 1 amide bonds.